The number of aromatic nitrogens is 2. The van der Waals surface area contributed by atoms with E-state index in [0.717, 1.165) is 61.8 Å². The van der Waals surface area contributed by atoms with Crippen molar-refractivity contribution in [2.45, 2.75) is 19.3 Å². The van der Waals surface area contributed by atoms with E-state index in [2.05, 4.69) is 145 Å². The van der Waals surface area contributed by atoms with E-state index >= 15 is 0 Å². The minimum atomic E-state index is 0.339. The van der Waals surface area contributed by atoms with E-state index in [4.69, 9.17) is 11.4 Å². The molecule has 0 fully saturated rings. The Morgan fingerprint density at radius 1 is 0.814 bits per heavy atom. The number of fused-ring (bicyclic) bond motifs is 3. The van der Waals surface area contributed by atoms with Crippen molar-refractivity contribution in [3.8, 4) is 23.6 Å². The van der Waals surface area contributed by atoms with E-state index in [1.807, 2.05) is 12.3 Å². The van der Waals surface area contributed by atoms with Gasteiger partial charge >= 0.3 is 0 Å². The van der Waals surface area contributed by atoms with Crippen LogP contribution in [0.3, 0.4) is 0 Å². The second-order valence-corrected chi connectivity index (χ2v) is 11.0. The summed E-state index contributed by atoms with van der Waals surface area (Å²) in [5, 5.41) is 4.56. The van der Waals surface area contributed by atoms with Crippen molar-refractivity contribution in [3.63, 3.8) is 0 Å². The molecule has 204 valence electrons. The minimum Gasteiger partial charge on any atom is -0.256 e. The summed E-state index contributed by atoms with van der Waals surface area (Å²) in [5.74, 6) is 3.33. The Morgan fingerprint density at radius 3 is 2.53 bits per heavy atom. The first-order chi connectivity index (χ1) is 21.2. The maximum atomic E-state index is 6.22. The standard InChI is InChI=1S/C41H30N2/c1-3-29(19-18-28(2)36-17-9-15-32-16-10-24-42-41(32)36)38-27-39(35-21-20-31-13-7-8-14-33(31)25-35)43-40-26-34(22-23-37(38)40)30-11-5-4-6-12-30/h1,4-11,13-27,30H,12H2,2H3/b28-18+,29-19+. The lowest BCUT2D eigenvalue weighted by Crippen LogP contribution is -1.98. The molecule has 43 heavy (non-hydrogen) atoms. The van der Waals surface area contributed by atoms with Crippen LogP contribution in [0, 0.1) is 12.3 Å². The Hall–Kier alpha value is -5.52. The van der Waals surface area contributed by atoms with Gasteiger partial charge in [0.2, 0.25) is 0 Å². The largest absolute Gasteiger partial charge is 0.256 e. The number of hydrogen-bond acceptors (Lipinski definition) is 2. The van der Waals surface area contributed by atoms with Crippen molar-refractivity contribution in [3.05, 3.63) is 156 Å². The molecule has 0 N–H and O–H groups in total. The van der Waals surface area contributed by atoms with Gasteiger partial charge < -0.3 is 0 Å². The van der Waals surface area contributed by atoms with Crippen molar-refractivity contribution in [1.82, 2.24) is 9.97 Å². The molecular weight excluding hydrogens is 520 g/mol. The lowest BCUT2D eigenvalue weighted by Gasteiger charge is -2.16. The Kier molecular flexibility index (Phi) is 6.99. The van der Waals surface area contributed by atoms with Gasteiger partial charge in [-0.2, -0.15) is 0 Å². The van der Waals surface area contributed by atoms with E-state index < -0.39 is 0 Å². The molecule has 6 aromatic rings. The Morgan fingerprint density at radius 2 is 1.67 bits per heavy atom. The third-order valence-corrected chi connectivity index (χ3v) is 8.29. The lowest BCUT2D eigenvalue weighted by atomic mass is 9.90. The van der Waals surface area contributed by atoms with Crippen LogP contribution in [0.1, 0.15) is 36.0 Å². The number of rotatable bonds is 5. The van der Waals surface area contributed by atoms with Crippen molar-refractivity contribution >= 4 is 43.7 Å². The molecule has 1 aliphatic carbocycles. The van der Waals surface area contributed by atoms with Crippen molar-refractivity contribution in [2.75, 3.05) is 0 Å². The normalized spacial score (nSPS) is 15.3. The summed E-state index contributed by atoms with van der Waals surface area (Å²) >= 11 is 0. The second kappa shape index (κ2) is 11.4. The van der Waals surface area contributed by atoms with Crippen LogP contribution in [0.2, 0.25) is 0 Å². The molecule has 0 bridgehead atoms. The molecular formula is C41H30N2. The molecule has 2 heteroatoms. The molecule has 1 aliphatic rings. The summed E-state index contributed by atoms with van der Waals surface area (Å²) in [6, 6.07) is 34.0. The lowest BCUT2D eigenvalue weighted by molar-refractivity contribution is 0.855. The van der Waals surface area contributed by atoms with Gasteiger partial charge in [0.05, 0.1) is 16.7 Å². The summed E-state index contributed by atoms with van der Waals surface area (Å²) < 4.78 is 0. The maximum Gasteiger partial charge on any atom is 0.0776 e. The molecule has 1 unspecified atom stereocenters. The van der Waals surface area contributed by atoms with E-state index in [1.54, 1.807) is 0 Å². The van der Waals surface area contributed by atoms with Crippen LogP contribution in [0.25, 0.3) is 55.0 Å². The number of hydrogen-bond donors (Lipinski definition) is 0. The Labute approximate surface area is 252 Å². The summed E-state index contributed by atoms with van der Waals surface area (Å²) in [4.78, 5) is 9.84. The number of terminal acetylenes is 1. The fraction of sp³-hybridized carbons (Fsp3) is 0.0732. The number of allylic oxidation sites excluding steroid dienone is 8. The summed E-state index contributed by atoms with van der Waals surface area (Å²) in [7, 11) is 0. The van der Waals surface area contributed by atoms with Gasteiger partial charge in [-0.1, -0.05) is 109 Å². The number of para-hydroxylation sites is 1. The highest BCUT2D eigenvalue weighted by Crippen LogP contribution is 2.34. The molecule has 2 nitrogen and oxygen atoms in total. The SMILES string of the molecule is C#C/C(=C\C=C(/C)c1cccc2cccnc12)c1cc(-c2ccc3ccccc3c2)nc2cc(C3C=CC=CC3)ccc12. The summed E-state index contributed by atoms with van der Waals surface area (Å²) in [6.45, 7) is 2.11. The van der Waals surface area contributed by atoms with Gasteiger partial charge in [0.1, 0.15) is 0 Å². The fourth-order valence-electron chi connectivity index (χ4n) is 5.96. The molecule has 0 saturated heterocycles. The average Bonchev–Trinajstić information content (AvgIpc) is 3.08. The van der Waals surface area contributed by atoms with Gasteiger partial charge in [-0.15, -0.1) is 6.42 Å². The zero-order valence-electron chi connectivity index (χ0n) is 24.0. The maximum absolute atomic E-state index is 6.22. The molecule has 0 spiro atoms. The molecule has 0 amide bonds. The number of nitrogens with zero attached hydrogens (tertiary/aromatic N) is 2. The molecule has 0 saturated carbocycles. The molecule has 0 aliphatic heterocycles. The fourth-order valence-corrected chi connectivity index (χ4v) is 5.96. The van der Waals surface area contributed by atoms with E-state index in [1.165, 1.54) is 16.3 Å². The zero-order valence-corrected chi connectivity index (χ0v) is 24.0. The van der Waals surface area contributed by atoms with Gasteiger partial charge in [0, 0.05) is 45.2 Å². The minimum absolute atomic E-state index is 0.339. The van der Waals surface area contributed by atoms with E-state index in [0.29, 0.717) is 5.92 Å². The predicted molar refractivity (Wildman–Crippen MR) is 183 cm³/mol. The highest BCUT2D eigenvalue weighted by atomic mass is 14.7. The molecule has 2 heterocycles. The molecule has 7 rings (SSSR count). The Balaban J connectivity index is 1.38. The quantitative estimate of drug-likeness (QED) is 0.158. The van der Waals surface area contributed by atoms with Gasteiger partial charge in [0.15, 0.2) is 0 Å². The predicted octanol–water partition coefficient (Wildman–Crippen LogP) is 10.3. The van der Waals surface area contributed by atoms with Crippen LogP contribution in [0.4, 0.5) is 0 Å². The van der Waals surface area contributed by atoms with Crippen LogP contribution in [-0.2, 0) is 0 Å². The topological polar surface area (TPSA) is 25.8 Å². The number of benzene rings is 4. The second-order valence-electron chi connectivity index (χ2n) is 11.0. The van der Waals surface area contributed by atoms with Crippen LogP contribution in [0.15, 0.2) is 140 Å². The van der Waals surface area contributed by atoms with Crippen LogP contribution in [-0.4, -0.2) is 9.97 Å². The van der Waals surface area contributed by atoms with Crippen molar-refractivity contribution in [2.24, 2.45) is 0 Å². The first kappa shape index (κ1) is 26.4. The van der Waals surface area contributed by atoms with Crippen LogP contribution < -0.4 is 0 Å². The third kappa shape index (κ3) is 5.18. The average molecular weight is 551 g/mol. The molecule has 1 atom stereocenters. The third-order valence-electron chi connectivity index (χ3n) is 8.29. The van der Waals surface area contributed by atoms with Gasteiger partial charge in [-0.25, -0.2) is 4.98 Å². The monoisotopic (exact) mass is 550 g/mol. The molecule has 2 aromatic heterocycles. The Bertz CT molecular complexity index is 2180. The van der Waals surface area contributed by atoms with E-state index in [-0.39, 0.29) is 0 Å². The van der Waals surface area contributed by atoms with Crippen LogP contribution >= 0.6 is 0 Å². The van der Waals surface area contributed by atoms with Crippen molar-refractivity contribution in [1.29, 1.82) is 0 Å². The van der Waals surface area contributed by atoms with Gasteiger partial charge in [-0.05, 0) is 65.6 Å². The van der Waals surface area contributed by atoms with Crippen molar-refractivity contribution < 1.29 is 0 Å². The highest BCUT2D eigenvalue weighted by Gasteiger charge is 2.15. The summed E-state index contributed by atoms with van der Waals surface area (Å²) in [5.41, 5.74) is 9.18. The zero-order chi connectivity index (χ0) is 29.2. The smallest absolute Gasteiger partial charge is 0.0776 e. The molecule has 0 radical (unpaired) electrons. The highest BCUT2D eigenvalue weighted by molar-refractivity contribution is 5.99. The van der Waals surface area contributed by atoms with E-state index in [9.17, 15) is 0 Å². The molecule has 4 aromatic carbocycles. The summed E-state index contributed by atoms with van der Waals surface area (Å²) in [6.07, 6.45) is 21.9. The van der Waals surface area contributed by atoms with Gasteiger partial charge in [0.25, 0.3) is 0 Å². The first-order valence-corrected chi connectivity index (χ1v) is 14.6. The first-order valence-electron chi connectivity index (χ1n) is 14.6. The van der Waals surface area contributed by atoms with Crippen LogP contribution in [0.5, 0.6) is 0 Å². The number of pyridine rings is 2. The van der Waals surface area contributed by atoms with Gasteiger partial charge in [-0.3, -0.25) is 4.98 Å².